The molecule has 0 unspecified atom stereocenters. The highest BCUT2D eigenvalue weighted by atomic mass is 15.1. The van der Waals surface area contributed by atoms with Gasteiger partial charge in [0.2, 0.25) is 0 Å². The summed E-state index contributed by atoms with van der Waals surface area (Å²) in [5.41, 5.74) is 19.3. The van der Waals surface area contributed by atoms with E-state index in [9.17, 15) is 0 Å². The van der Waals surface area contributed by atoms with Crippen molar-refractivity contribution in [3.63, 3.8) is 0 Å². The van der Waals surface area contributed by atoms with Crippen LogP contribution in [0.3, 0.4) is 0 Å². The molecule has 0 aliphatic heterocycles. The quantitative estimate of drug-likeness (QED) is 0.162. The van der Waals surface area contributed by atoms with Crippen LogP contribution in [0.1, 0.15) is 25.0 Å². The molecular formula is C56H41N3. The molecular weight excluding hydrogens is 715 g/mol. The first kappa shape index (κ1) is 34.7. The summed E-state index contributed by atoms with van der Waals surface area (Å²) in [6, 6.07) is 73.0. The van der Waals surface area contributed by atoms with Crippen molar-refractivity contribution in [1.29, 1.82) is 0 Å². The Morgan fingerprint density at radius 3 is 1.71 bits per heavy atom. The molecule has 0 bridgehead atoms. The highest BCUT2D eigenvalue weighted by Crippen LogP contribution is 2.50. The van der Waals surface area contributed by atoms with E-state index in [1.54, 1.807) is 0 Å². The average molecular weight is 756 g/mol. The van der Waals surface area contributed by atoms with Gasteiger partial charge in [-0.25, -0.2) is 0 Å². The van der Waals surface area contributed by atoms with Gasteiger partial charge in [0, 0.05) is 51.3 Å². The standard InChI is InChI=1S/C56H41N3/c1-56(2)52-16-8-6-14-48(52)50-36-47(31-32-53(50)56)58(44-25-18-39(19-26-44)38-11-4-3-5-12-38)45-27-20-40(21-28-45)42-24-33-55-51(35-42)49-15-7-9-17-54(49)59(55)46-29-22-41(23-30-46)43-13-10-34-57-37-43/h3-37H,1-2H3. The van der Waals surface area contributed by atoms with Gasteiger partial charge in [-0.15, -0.1) is 0 Å². The number of hydrogen-bond acceptors (Lipinski definition) is 2. The zero-order valence-electron chi connectivity index (χ0n) is 33.0. The van der Waals surface area contributed by atoms with Gasteiger partial charge in [-0.3, -0.25) is 4.98 Å². The Morgan fingerprint density at radius 1 is 0.407 bits per heavy atom. The van der Waals surface area contributed by atoms with Crippen molar-refractivity contribution >= 4 is 38.9 Å². The Balaban J connectivity index is 0.982. The predicted octanol–water partition coefficient (Wildman–Crippen LogP) is 15.0. The molecule has 0 saturated carbocycles. The fourth-order valence-electron chi connectivity index (χ4n) is 9.30. The van der Waals surface area contributed by atoms with E-state index < -0.39 is 0 Å². The summed E-state index contributed by atoms with van der Waals surface area (Å²) in [4.78, 5) is 6.71. The lowest BCUT2D eigenvalue weighted by molar-refractivity contribution is 0.660. The lowest BCUT2D eigenvalue weighted by Gasteiger charge is -2.27. The maximum absolute atomic E-state index is 4.32. The Morgan fingerprint density at radius 2 is 0.966 bits per heavy atom. The number of benzene rings is 8. The number of hydrogen-bond donors (Lipinski definition) is 0. The third kappa shape index (κ3) is 5.85. The van der Waals surface area contributed by atoms with Crippen molar-refractivity contribution < 1.29 is 0 Å². The molecule has 280 valence electrons. The van der Waals surface area contributed by atoms with Crippen molar-refractivity contribution in [2.45, 2.75) is 19.3 Å². The summed E-state index contributed by atoms with van der Waals surface area (Å²) in [5, 5.41) is 2.48. The molecule has 59 heavy (non-hydrogen) atoms. The Bertz CT molecular complexity index is 3140. The lowest BCUT2D eigenvalue weighted by Crippen LogP contribution is -2.15. The second-order valence-corrected chi connectivity index (χ2v) is 16.1. The van der Waals surface area contributed by atoms with E-state index in [0.717, 1.165) is 33.9 Å². The average Bonchev–Trinajstić information content (AvgIpc) is 3.75. The minimum atomic E-state index is -0.0490. The van der Waals surface area contributed by atoms with E-state index in [2.05, 4.69) is 222 Å². The molecule has 0 amide bonds. The molecule has 0 fully saturated rings. The van der Waals surface area contributed by atoms with Gasteiger partial charge in [-0.05, 0) is 128 Å². The molecule has 3 nitrogen and oxygen atoms in total. The van der Waals surface area contributed by atoms with E-state index in [1.807, 2.05) is 18.5 Å². The zero-order valence-corrected chi connectivity index (χ0v) is 33.0. The predicted molar refractivity (Wildman–Crippen MR) is 247 cm³/mol. The Labute approximate surface area is 345 Å². The molecule has 0 spiro atoms. The summed E-state index contributed by atoms with van der Waals surface area (Å²) in [5.74, 6) is 0. The van der Waals surface area contributed by atoms with Crippen molar-refractivity contribution in [2.75, 3.05) is 4.90 Å². The zero-order chi connectivity index (χ0) is 39.5. The maximum Gasteiger partial charge on any atom is 0.0541 e. The molecule has 1 aliphatic carbocycles. The number of rotatable bonds is 7. The molecule has 0 N–H and O–H groups in total. The number of fused-ring (bicyclic) bond motifs is 6. The van der Waals surface area contributed by atoms with Gasteiger partial charge in [0.05, 0.1) is 11.0 Å². The van der Waals surface area contributed by atoms with Gasteiger partial charge in [0.25, 0.3) is 0 Å². The van der Waals surface area contributed by atoms with Crippen molar-refractivity contribution in [3.05, 3.63) is 224 Å². The molecule has 2 aromatic heterocycles. The van der Waals surface area contributed by atoms with Crippen molar-refractivity contribution in [1.82, 2.24) is 9.55 Å². The smallest absolute Gasteiger partial charge is 0.0541 e. The van der Waals surface area contributed by atoms with Crippen LogP contribution in [-0.2, 0) is 5.41 Å². The number of anilines is 3. The monoisotopic (exact) mass is 755 g/mol. The van der Waals surface area contributed by atoms with Gasteiger partial charge in [0.1, 0.15) is 0 Å². The molecule has 11 rings (SSSR count). The highest BCUT2D eigenvalue weighted by molar-refractivity contribution is 6.10. The molecule has 0 radical (unpaired) electrons. The van der Waals surface area contributed by atoms with E-state index in [4.69, 9.17) is 0 Å². The third-order valence-electron chi connectivity index (χ3n) is 12.3. The summed E-state index contributed by atoms with van der Waals surface area (Å²) in [7, 11) is 0. The normalized spacial score (nSPS) is 12.7. The number of para-hydroxylation sites is 1. The van der Waals surface area contributed by atoms with E-state index >= 15 is 0 Å². The van der Waals surface area contributed by atoms with Crippen LogP contribution in [-0.4, -0.2) is 9.55 Å². The first-order valence-corrected chi connectivity index (χ1v) is 20.4. The number of pyridine rings is 1. The summed E-state index contributed by atoms with van der Waals surface area (Å²) in [6.45, 7) is 4.68. The van der Waals surface area contributed by atoms with Crippen LogP contribution in [0, 0.1) is 0 Å². The van der Waals surface area contributed by atoms with E-state index in [-0.39, 0.29) is 5.41 Å². The lowest BCUT2D eigenvalue weighted by atomic mass is 9.82. The number of nitrogens with zero attached hydrogens (tertiary/aromatic N) is 3. The maximum atomic E-state index is 4.32. The van der Waals surface area contributed by atoms with Gasteiger partial charge in [-0.1, -0.05) is 141 Å². The Hall–Kier alpha value is -7.49. The highest BCUT2D eigenvalue weighted by Gasteiger charge is 2.35. The van der Waals surface area contributed by atoms with Gasteiger partial charge >= 0.3 is 0 Å². The topological polar surface area (TPSA) is 21.1 Å². The summed E-state index contributed by atoms with van der Waals surface area (Å²) < 4.78 is 2.38. The fraction of sp³-hybridized carbons (Fsp3) is 0.0536. The molecule has 1 aliphatic rings. The summed E-state index contributed by atoms with van der Waals surface area (Å²) >= 11 is 0. The van der Waals surface area contributed by atoms with Crippen LogP contribution in [0.4, 0.5) is 17.1 Å². The van der Waals surface area contributed by atoms with E-state index in [1.165, 1.54) is 66.3 Å². The largest absolute Gasteiger partial charge is 0.310 e. The van der Waals surface area contributed by atoms with Crippen molar-refractivity contribution in [3.8, 4) is 50.2 Å². The second kappa shape index (κ2) is 13.9. The SMILES string of the molecule is CC1(C)c2ccccc2-c2cc(N(c3ccc(-c4ccccc4)cc3)c3ccc(-c4ccc5c(c4)c4ccccc4n5-c4ccc(-c5cccnc5)cc4)cc3)ccc21. The van der Waals surface area contributed by atoms with Crippen LogP contribution in [0.15, 0.2) is 213 Å². The minimum Gasteiger partial charge on any atom is -0.310 e. The molecule has 0 saturated heterocycles. The first-order valence-electron chi connectivity index (χ1n) is 20.4. The van der Waals surface area contributed by atoms with Crippen molar-refractivity contribution in [2.24, 2.45) is 0 Å². The second-order valence-electron chi connectivity index (χ2n) is 16.1. The number of aromatic nitrogens is 2. The van der Waals surface area contributed by atoms with E-state index in [0.29, 0.717) is 0 Å². The Kier molecular flexibility index (Phi) is 8.16. The first-order chi connectivity index (χ1) is 29.0. The van der Waals surface area contributed by atoms with Gasteiger partial charge in [0.15, 0.2) is 0 Å². The molecule has 10 aromatic rings. The fourth-order valence-corrected chi connectivity index (χ4v) is 9.30. The van der Waals surface area contributed by atoms with Crippen LogP contribution < -0.4 is 4.90 Å². The minimum absolute atomic E-state index is 0.0490. The van der Waals surface area contributed by atoms with Crippen LogP contribution in [0.2, 0.25) is 0 Å². The van der Waals surface area contributed by atoms with Gasteiger partial charge < -0.3 is 9.47 Å². The summed E-state index contributed by atoms with van der Waals surface area (Å²) in [6.07, 6.45) is 3.73. The third-order valence-corrected chi connectivity index (χ3v) is 12.3. The molecule has 3 heteroatoms. The van der Waals surface area contributed by atoms with Gasteiger partial charge in [-0.2, -0.15) is 0 Å². The molecule has 0 atom stereocenters. The molecule has 2 heterocycles. The van der Waals surface area contributed by atoms with Crippen LogP contribution in [0.5, 0.6) is 0 Å². The van der Waals surface area contributed by atoms with Crippen LogP contribution >= 0.6 is 0 Å². The van der Waals surface area contributed by atoms with Crippen LogP contribution in [0.25, 0.3) is 72.0 Å². The molecule has 8 aromatic carbocycles.